The lowest BCUT2D eigenvalue weighted by Gasteiger charge is -2.23. The molecule has 0 bridgehead atoms. The summed E-state index contributed by atoms with van der Waals surface area (Å²) in [5, 5.41) is 3.36. The van der Waals surface area contributed by atoms with Crippen molar-refractivity contribution in [3.63, 3.8) is 0 Å². The van der Waals surface area contributed by atoms with Crippen molar-refractivity contribution in [1.29, 1.82) is 0 Å². The predicted molar refractivity (Wildman–Crippen MR) is 92.7 cm³/mol. The first-order chi connectivity index (χ1) is 12.0. The van der Waals surface area contributed by atoms with E-state index in [9.17, 15) is 8.78 Å². The fourth-order valence-corrected chi connectivity index (χ4v) is 3.68. The van der Waals surface area contributed by atoms with Crippen molar-refractivity contribution in [3.8, 4) is 22.6 Å². The van der Waals surface area contributed by atoms with Gasteiger partial charge in [-0.05, 0) is 51.9 Å². The molecule has 0 aromatic heterocycles. The van der Waals surface area contributed by atoms with Gasteiger partial charge in [-0.3, -0.25) is 0 Å². The lowest BCUT2D eigenvalue weighted by Crippen LogP contribution is -2.27. The van der Waals surface area contributed by atoms with Gasteiger partial charge in [-0.15, -0.1) is 0 Å². The maximum absolute atomic E-state index is 13.6. The molecule has 1 aromatic carbocycles. The van der Waals surface area contributed by atoms with Crippen LogP contribution in [-0.2, 0) is 0 Å². The van der Waals surface area contributed by atoms with E-state index in [0.717, 1.165) is 60.5 Å². The second-order valence-electron chi connectivity index (χ2n) is 6.70. The minimum absolute atomic E-state index is 0.350. The van der Waals surface area contributed by atoms with Crippen LogP contribution in [0.2, 0.25) is 0 Å². The predicted octanol–water partition coefficient (Wildman–Crippen LogP) is 3.94. The van der Waals surface area contributed by atoms with E-state index in [0.29, 0.717) is 17.2 Å². The Labute approximate surface area is 145 Å². The number of fused-ring (bicyclic) bond motifs is 1. The molecule has 4 nitrogen and oxygen atoms in total. The summed E-state index contributed by atoms with van der Waals surface area (Å²) in [5.41, 5.74) is 4.65. The van der Waals surface area contributed by atoms with Crippen molar-refractivity contribution < 1.29 is 8.78 Å². The van der Waals surface area contributed by atoms with Crippen LogP contribution in [0.4, 0.5) is 8.78 Å². The summed E-state index contributed by atoms with van der Waals surface area (Å²) in [4.78, 5) is 12.7. The molecule has 0 spiro atoms. The van der Waals surface area contributed by atoms with Crippen LogP contribution in [0.5, 0.6) is 0 Å². The van der Waals surface area contributed by atoms with E-state index >= 15 is 0 Å². The Morgan fingerprint density at radius 2 is 1.64 bits per heavy atom. The van der Waals surface area contributed by atoms with Crippen molar-refractivity contribution in [2.45, 2.75) is 32.6 Å². The van der Waals surface area contributed by atoms with E-state index in [2.05, 4.69) is 10.3 Å². The summed E-state index contributed by atoms with van der Waals surface area (Å²) in [6.45, 7) is 5.79. The Morgan fingerprint density at radius 3 is 2.32 bits per heavy atom. The molecule has 0 radical (unpaired) electrons. The van der Waals surface area contributed by atoms with Crippen LogP contribution in [0.3, 0.4) is 0 Å². The third-order valence-corrected chi connectivity index (χ3v) is 4.89. The molecule has 1 fully saturated rings. The average Bonchev–Trinajstić information content (AvgIpc) is 2.91. The number of hydrogen-bond donors (Lipinski definition) is 2. The number of rotatable bonds is 2. The summed E-state index contributed by atoms with van der Waals surface area (Å²) in [5.74, 6) is -0.0198. The van der Waals surface area contributed by atoms with Crippen molar-refractivity contribution >= 4 is 0 Å². The maximum atomic E-state index is 13.6. The number of nitrogens with zero attached hydrogens (tertiary/aromatic N) is 2. The molecule has 3 heterocycles. The third kappa shape index (κ3) is 2.91. The molecular formula is C19H20F2N4. The van der Waals surface area contributed by atoms with E-state index < -0.39 is 11.6 Å². The van der Waals surface area contributed by atoms with Gasteiger partial charge in [0, 0.05) is 23.1 Å². The highest BCUT2D eigenvalue weighted by Crippen LogP contribution is 2.38. The van der Waals surface area contributed by atoms with Gasteiger partial charge >= 0.3 is 0 Å². The van der Waals surface area contributed by atoms with Crippen LogP contribution in [0.15, 0.2) is 18.2 Å². The summed E-state index contributed by atoms with van der Waals surface area (Å²) < 4.78 is 27.3. The second-order valence-corrected chi connectivity index (χ2v) is 6.70. The van der Waals surface area contributed by atoms with E-state index in [1.165, 1.54) is 12.1 Å². The molecule has 2 N–H and O–H groups in total. The molecule has 3 aliphatic rings. The number of aromatic amines is 1. The molecule has 4 rings (SSSR count). The molecule has 0 amide bonds. The standard InChI is InChI=1S/C19H20F2N4/c1-10-16(13-7-14(20)9-15(21)8-13)25-19-17(10)23-11(2)24-18(19)12-3-5-22-6-4-12/h7-9,12,22H,3-6H2,1-2H3,(H,23,24). The molecule has 1 saturated heterocycles. The first-order valence-corrected chi connectivity index (χ1v) is 8.57. The Hall–Kier alpha value is -2.34. The number of aromatic nitrogens is 3. The number of halogens is 2. The number of benzene rings is 1. The second kappa shape index (κ2) is 6.19. The van der Waals surface area contributed by atoms with Gasteiger partial charge in [0.05, 0.1) is 17.1 Å². The summed E-state index contributed by atoms with van der Waals surface area (Å²) in [6, 6.07) is 3.52. The normalized spacial score (nSPS) is 15.8. The quantitative estimate of drug-likeness (QED) is 0.742. The number of aryl methyl sites for hydroxylation is 1. The molecule has 1 aromatic rings. The largest absolute Gasteiger partial charge is 0.342 e. The summed E-state index contributed by atoms with van der Waals surface area (Å²) in [7, 11) is 0. The van der Waals surface area contributed by atoms with Crippen LogP contribution in [0, 0.1) is 25.5 Å². The lowest BCUT2D eigenvalue weighted by atomic mass is 9.92. The fraction of sp³-hybridized carbons (Fsp3) is 0.368. The van der Waals surface area contributed by atoms with Crippen molar-refractivity contribution in [2.24, 2.45) is 0 Å². The molecule has 6 heteroatoms. The van der Waals surface area contributed by atoms with Gasteiger partial charge in [0.2, 0.25) is 0 Å². The maximum Gasteiger partial charge on any atom is 0.126 e. The number of piperidine rings is 1. The van der Waals surface area contributed by atoms with Gasteiger partial charge < -0.3 is 10.3 Å². The zero-order valence-electron chi connectivity index (χ0n) is 14.3. The number of H-pyrrole nitrogens is 1. The fourth-order valence-electron chi connectivity index (χ4n) is 3.68. The van der Waals surface area contributed by atoms with Crippen LogP contribution < -0.4 is 5.32 Å². The van der Waals surface area contributed by atoms with Crippen LogP contribution in [-0.4, -0.2) is 28.0 Å². The minimum atomic E-state index is -0.599. The molecule has 3 aliphatic heterocycles. The third-order valence-electron chi connectivity index (χ3n) is 4.89. The molecule has 0 unspecified atom stereocenters. The van der Waals surface area contributed by atoms with E-state index in [1.807, 2.05) is 13.8 Å². The van der Waals surface area contributed by atoms with Gasteiger partial charge in [-0.1, -0.05) is 0 Å². The smallest absolute Gasteiger partial charge is 0.126 e. The molecular weight excluding hydrogens is 322 g/mol. The van der Waals surface area contributed by atoms with Crippen molar-refractivity contribution in [2.75, 3.05) is 13.1 Å². The highest BCUT2D eigenvalue weighted by Gasteiger charge is 2.27. The van der Waals surface area contributed by atoms with E-state index in [4.69, 9.17) is 9.97 Å². The Morgan fingerprint density at radius 1 is 0.960 bits per heavy atom. The van der Waals surface area contributed by atoms with Crippen LogP contribution >= 0.6 is 0 Å². The lowest BCUT2D eigenvalue weighted by molar-refractivity contribution is 0.452. The molecule has 25 heavy (non-hydrogen) atoms. The van der Waals surface area contributed by atoms with Gasteiger partial charge in [-0.2, -0.15) is 0 Å². The van der Waals surface area contributed by atoms with Crippen molar-refractivity contribution in [1.82, 2.24) is 20.3 Å². The number of hydrogen-bond acceptors (Lipinski definition) is 3. The zero-order valence-corrected chi connectivity index (χ0v) is 14.3. The highest BCUT2D eigenvalue weighted by atomic mass is 19.1. The van der Waals surface area contributed by atoms with Crippen molar-refractivity contribution in [3.05, 3.63) is 46.9 Å². The highest BCUT2D eigenvalue weighted by molar-refractivity contribution is 5.77. The van der Waals surface area contributed by atoms with Crippen LogP contribution in [0.1, 0.15) is 35.8 Å². The average molecular weight is 342 g/mol. The van der Waals surface area contributed by atoms with Gasteiger partial charge in [0.1, 0.15) is 23.2 Å². The Kier molecular flexibility index (Phi) is 4.00. The van der Waals surface area contributed by atoms with E-state index in [1.54, 1.807) is 0 Å². The van der Waals surface area contributed by atoms with Crippen LogP contribution in [0.25, 0.3) is 22.6 Å². The Balaban J connectivity index is 1.89. The molecule has 0 atom stereocenters. The van der Waals surface area contributed by atoms with Gasteiger partial charge in [0.15, 0.2) is 0 Å². The molecule has 0 aliphatic carbocycles. The summed E-state index contributed by atoms with van der Waals surface area (Å²) >= 11 is 0. The first kappa shape index (κ1) is 16.1. The monoisotopic (exact) mass is 342 g/mol. The molecule has 0 saturated carbocycles. The zero-order chi connectivity index (χ0) is 17.6. The summed E-state index contributed by atoms with van der Waals surface area (Å²) in [6.07, 6.45) is 2.03. The van der Waals surface area contributed by atoms with Gasteiger partial charge in [0.25, 0.3) is 0 Å². The van der Waals surface area contributed by atoms with E-state index in [-0.39, 0.29) is 0 Å². The Bertz CT molecular complexity index is 877. The number of nitrogens with one attached hydrogen (secondary N) is 2. The van der Waals surface area contributed by atoms with Gasteiger partial charge in [-0.25, -0.2) is 18.7 Å². The topological polar surface area (TPSA) is 53.6 Å². The first-order valence-electron chi connectivity index (χ1n) is 8.57. The molecule has 130 valence electrons. The SMILES string of the molecule is Cc1nc(C2CCNCC2)c2nc(-c3cc(F)cc(F)c3)c(C)c-2[nH]1. The minimum Gasteiger partial charge on any atom is -0.342 e.